The van der Waals surface area contributed by atoms with E-state index < -0.39 is 0 Å². The van der Waals surface area contributed by atoms with Gasteiger partial charge in [0, 0.05) is 6.04 Å². The largest absolute Gasteiger partial charge is 0.314 e. The summed E-state index contributed by atoms with van der Waals surface area (Å²) in [5.41, 5.74) is 0. The summed E-state index contributed by atoms with van der Waals surface area (Å²) in [7, 11) is 0. The second-order valence-electron chi connectivity index (χ2n) is 5.07. The lowest BCUT2D eigenvalue weighted by molar-refractivity contribution is 0.423. The van der Waals surface area contributed by atoms with E-state index >= 15 is 0 Å². The molecule has 0 aliphatic carbocycles. The Morgan fingerprint density at radius 3 is 2.29 bits per heavy atom. The van der Waals surface area contributed by atoms with Crippen molar-refractivity contribution >= 4 is 0 Å². The summed E-state index contributed by atoms with van der Waals surface area (Å²) in [6, 6.07) is 0.747. The van der Waals surface area contributed by atoms with E-state index in [1.54, 1.807) is 0 Å². The first-order valence-corrected chi connectivity index (χ1v) is 7.69. The third kappa shape index (κ3) is 12.0. The van der Waals surface area contributed by atoms with Crippen LogP contribution in [0, 0.1) is 0 Å². The van der Waals surface area contributed by atoms with Crippen molar-refractivity contribution in [1.29, 1.82) is 0 Å². The van der Waals surface area contributed by atoms with Gasteiger partial charge in [0.25, 0.3) is 0 Å². The highest BCUT2D eigenvalue weighted by molar-refractivity contribution is 4.71. The van der Waals surface area contributed by atoms with E-state index in [9.17, 15) is 0 Å². The van der Waals surface area contributed by atoms with Gasteiger partial charge in [0.15, 0.2) is 0 Å². The monoisotopic (exact) mass is 239 g/mol. The molecule has 1 N–H and O–H groups in total. The van der Waals surface area contributed by atoms with Crippen molar-refractivity contribution in [3.05, 3.63) is 12.7 Å². The Balaban J connectivity index is 3.56. The molecular weight excluding hydrogens is 206 g/mol. The fourth-order valence-electron chi connectivity index (χ4n) is 2.20. The Bertz CT molecular complexity index is 154. The van der Waals surface area contributed by atoms with E-state index in [0.29, 0.717) is 0 Å². The molecule has 1 atom stereocenters. The predicted octanol–water partition coefficient (Wildman–Crippen LogP) is 5.07. The summed E-state index contributed by atoms with van der Waals surface area (Å²) in [5, 5.41) is 3.68. The summed E-state index contributed by atoms with van der Waals surface area (Å²) in [4.78, 5) is 0. The SMILES string of the molecule is C=CCCCC(CCCCCCC)NCCC. The van der Waals surface area contributed by atoms with Gasteiger partial charge in [-0.2, -0.15) is 0 Å². The summed E-state index contributed by atoms with van der Waals surface area (Å²) in [6.45, 7) is 9.49. The van der Waals surface area contributed by atoms with Crippen molar-refractivity contribution in [3.8, 4) is 0 Å². The van der Waals surface area contributed by atoms with Crippen LogP contribution in [0.15, 0.2) is 12.7 Å². The molecule has 0 fully saturated rings. The fourth-order valence-corrected chi connectivity index (χ4v) is 2.20. The minimum atomic E-state index is 0.747. The van der Waals surface area contributed by atoms with Crippen LogP contribution in [0.3, 0.4) is 0 Å². The molecule has 1 heteroatoms. The molecule has 0 bridgehead atoms. The molecule has 0 aromatic heterocycles. The topological polar surface area (TPSA) is 12.0 Å². The van der Waals surface area contributed by atoms with E-state index in [4.69, 9.17) is 0 Å². The van der Waals surface area contributed by atoms with Crippen molar-refractivity contribution in [1.82, 2.24) is 5.32 Å². The smallest absolute Gasteiger partial charge is 0.00671 e. The van der Waals surface area contributed by atoms with Gasteiger partial charge in [-0.15, -0.1) is 6.58 Å². The normalized spacial score (nSPS) is 12.6. The van der Waals surface area contributed by atoms with Gasteiger partial charge in [0.1, 0.15) is 0 Å². The Morgan fingerprint density at radius 1 is 0.941 bits per heavy atom. The molecule has 17 heavy (non-hydrogen) atoms. The zero-order chi connectivity index (χ0) is 12.8. The average molecular weight is 239 g/mol. The molecule has 102 valence electrons. The summed E-state index contributed by atoms with van der Waals surface area (Å²) in [5.74, 6) is 0. The first-order chi connectivity index (χ1) is 8.35. The van der Waals surface area contributed by atoms with Crippen LogP contribution in [-0.2, 0) is 0 Å². The zero-order valence-electron chi connectivity index (χ0n) is 12.1. The van der Waals surface area contributed by atoms with Crippen LogP contribution in [0.5, 0.6) is 0 Å². The van der Waals surface area contributed by atoms with Gasteiger partial charge in [-0.1, -0.05) is 52.0 Å². The molecule has 0 rings (SSSR count). The number of rotatable bonds is 13. The van der Waals surface area contributed by atoms with Gasteiger partial charge in [0.2, 0.25) is 0 Å². The number of hydrogen-bond donors (Lipinski definition) is 1. The van der Waals surface area contributed by atoms with Crippen LogP contribution in [0.25, 0.3) is 0 Å². The highest BCUT2D eigenvalue weighted by atomic mass is 14.9. The molecular formula is C16H33N. The molecule has 0 aliphatic heterocycles. The van der Waals surface area contributed by atoms with Crippen LogP contribution >= 0.6 is 0 Å². The van der Waals surface area contributed by atoms with E-state index in [-0.39, 0.29) is 0 Å². The minimum absolute atomic E-state index is 0.747. The maximum absolute atomic E-state index is 3.80. The maximum Gasteiger partial charge on any atom is 0.00671 e. The second kappa shape index (κ2) is 13.8. The summed E-state index contributed by atoms with van der Waals surface area (Å²) < 4.78 is 0. The van der Waals surface area contributed by atoms with Crippen molar-refractivity contribution < 1.29 is 0 Å². The number of allylic oxidation sites excluding steroid dienone is 1. The van der Waals surface area contributed by atoms with Crippen LogP contribution < -0.4 is 5.32 Å². The van der Waals surface area contributed by atoms with E-state index in [2.05, 4.69) is 25.7 Å². The van der Waals surface area contributed by atoms with Crippen molar-refractivity contribution in [2.75, 3.05) is 6.54 Å². The van der Waals surface area contributed by atoms with Gasteiger partial charge in [-0.3, -0.25) is 0 Å². The van der Waals surface area contributed by atoms with E-state index in [0.717, 1.165) is 6.04 Å². The molecule has 0 aliphatic rings. The van der Waals surface area contributed by atoms with Crippen molar-refractivity contribution in [2.24, 2.45) is 0 Å². The van der Waals surface area contributed by atoms with E-state index in [1.165, 1.54) is 70.8 Å². The maximum atomic E-state index is 3.80. The molecule has 0 amide bonds. The molecule has 0 radical (unpaired) electrons. The summed E-state index contributed by atoms with van der Waals surface area (Å²) in [6.07, 6.45) is 15.4. The van der Waals surface area contributed by atoms with E-state index in [1.807, 2.05) is 6.08 Å². The third-order valence-electron chi connectivity index (χ3n) is 3.30. The molecule has 0 aromatic rings. The Labute approximate surface area is 109 Å². The van der Waals surface area contributed by atoms with Gasteiger partial charge in [-0.25, -0.2) is 0 Å². The molecule has 0 spiro atoms. The van der Waals surface area contributed by atoms with Crippen LogP contribution in [0.4, 0.5) is 0 Å². The number of unbranched alkanes of at least 4 members (excludes halogenated alkanes) is 5. The Hall–Kier alpha value is -0.300. The highest BCUT2D eigenvalue weighted by Gasteiger charge is 2.06. The molecule has 0 saturated heterocycles. The van der Waals surface area contributed by atoms with Gasteiger partial charge in [-0.05, 0) is 38.6 Å². The lowest BCUT2D eigenvalue weighted by Gasteiger charge is -2.18. The molecule has 1 unspecified atom stereocenters. The predicted molar refractivity (Wildman–Crippen MR) is 79.5 cm³/mol. The zero-order valence-corrected chi connectivity index (χ0v) is 12.1. The van der Waals surface area contributed by atoms with Crippen LogP contribution in [0.2, 0.25) is 0 Å². The second-order valence-corrected chi connectivity index (χ2v) is 5.07. The Morgan fingerprint density at radius 2 is 1.65 bits per heavy atom. The molecule has 0 aromatic carbocycles. The first kappa shape index (κ1) is 16.7. The van der Waals surface area contributed by atoms with Gasteiger partial charge in [0.05, 0.1) is 0 Å². The minimum Gasteiger partial charge on any atom is -0.314 e. The molecule has 0 heterocycles. The highest BCUT2D eigenvalue weighted by Crippen LogP contribution is 2.11. The lowest BCUT2D eigenvalue weighted by atomic mass is 10.0. The van der Waals surface area contributed by atoms with Gasteiger partial charge >= 0.3 is 0 Å². The number of nitrogens with one attached hydrogen (secondary N) is 1. The third-order valence-corrected chi connectivity index (χ3v) is 3.30. The molecule has 1 nitrogen and oxygen atoms in total. The van der Waals surface area contributed by atoms with Crippen LogP contribution in [0.1, 0.15) is 78.1 Å². The standard InChI is InChI=1S/C16H33N/c1-4-7-9-10-12-14-16(17-15-6-3)13-11-8-5-2/h5,16-17H,2,4,6-15H2,1,3H3. The Kier molecular flexibility index (Phi) is 13.5. The lowest BCUT2D eigenvalue weighted by Crippen LogP contribution is -2.29. The van der Waals surface area contributed by atoms with Crippen molar-refractivity contribution in [3.63, 3.8) is 0 Å². The summed E-state index contributed by atoms with van der Waals surface area (Å²) >= 11 is 0. The van der Waals surface area contributed by atoms with Crippen molar-refractivity contribution in [2.45, 2.75) is 84.1 Å². The fraction of sp³-hybridized carbons (Fsp3) is 0.875. The molecule has 0 saturated carbocycles. The van der Waals surface area contributed by atoms with Crippen LogP contribution in [-0.4, -0.2) is 12.6 Å². The quantitative estimate of drug-likeness (QED) is 0.349. The van der Waals surface area contributed by atoms with Gasteiger partial charge < -0.3 is 5.32 Å². The number of hydrogen-bond acceptors (Lipinski definition) is 1. The average Bonchev–Trinajstić information content (AvgIpc) is 2.35. The first-order valence-electron chi connectivity index (χ1n) is 7.69.